The molecule has 88 valence electrons. The third kappa shape index (κ3) is 4.09. The summed E-state index contributed by atoms with van der Waals surface area (Å²) < 4.78 is 4.92. The number of primary amides is 1. The lowest BCUT2D eigenvalue weighted by Crippen LogP contribution is -2.36. The Morgan fingerprint density at radius 2 is 2.25 bits per heavy atom. The molecule has 0 atom stereocenters. The van der Waals surface area contributed by atoms with Crippen molar-refractivity contribution >= 4 is 11.9 Å². The molecule has 1 amide bonds. The third-order valence-electron chi connectivity index (χ3n) is 1.79. The zero-order valence-corrected chi connectivity index (χ0v) is 8.84. The number of hydrogen-bond donors (Lipinski definition) is 2. The van der Waals surface area contributed by atoms with E-state index in [2.05, 4.69) is 5.16 Å². The molecule has 3 N–H and O–H groups in total. The van der Waals surface area contributed by atoms with E-state index in [1.807, 2.05) is 0 Å². The highest BCUT2D eigenvalue weighted by atomic mass is 16.5. The van der Waals surface area contributed by atoms with Crippen LogP contribution in [0.15, 0.2) is 10.6 Å². The summed E-state index contributed by atoms with van der Waals surface area (Å²) in [5.74, 6) is -1.12. The molecule has 0 radical (unpaired) electrons. The molecule has 16 heavy (non-hydrogen) atoms. The van der Waals surface area contributed by atoms with E-state index in [0.29, 0.717) is 11.5 Å². The Kier molecular flexibility index (Phi) is 4.01. The third-order valence-corrected chi connectivity index (χ3v) is 1.79. The fourth-order valence-electron chi connectivity index (χ4n) is 1.29. The maximum Gasteiger partial charge on any atom is 0.317 e. The van der Waals surface area contributed by atoms with E-state index in [1.165, 1.54) is 4.90 Å². The quantitative estimate of drug-likeness (QED) is 0.668. The van der Waals surface area contributed by atoms with E-state index in [4.69, 9.17) is 15.4 Å². The van der Waals surface area contributed by atoms with Crippen LogP contribution in [-0.4, -0.2) is 40.1 Å². The van der Waals surface area contributed by atoms with Crippen LogP contribution in [0.2, 0.25) is 0 Å². The van der Waals surface area contributed by atoms with Crippen molar-refractivity contribution in [3.05, 3.63) is 17.5 Å². The largest absolute Gasteiger partial charge is 0.480 e. The molecule has 0 aliphatic rings. The lowest BCUT2D eigenvalue weighted by atomic mass is 10.3. The molecule has 1 aromatic rings. The first kappa shape index (κ1) is 12.2. The van der Waals surface area contributed by atoms with Crippen LogP contribution in [0.4, 0.5) is 0 Å². The molecule has 0 unspecified atom stereocenters. The van der Waals surface area contributed by atoms with Gasteiger partial charge < -0.3 is 15.4 Å². The van der Waals surface area contributed by atoms with Crippen LogP contribution < -0.4 is 5.73 Å². The second-order valence-corrected chi connectivity index (χ2v) is 3.44. The van der Waals surface area contributed by atoms with Crippen molar-refractivity contribution in [2.45, 2.75) is 13.5 Å². The molecule has 1 rings (SSSR count). The number of carbonyl (C=O) groups excluding carboxylic acids is 1. The minimum Gasteiger partial charge on any atom is -0.480 e. The van der Waals surface area contributed by atoms with Crippen molar-refractivity contribution in [3.63, 3.8) is 0 Å². The van der Waals surface area contributed by atoms with E-state index in [0.717, 1.165) is 0 Å². The van der Waals surface area contributed by atoms with Crippen molar-refractivity contribution in [1.29, 1.82) is 0 Å². The van der Waals surface area contributed by atoms with Crippen molar-refractivity contribution in [3.8, 4) is 0 Å². The van der Waals surface area contributed by atoms with Gasteiger partial charge >= 0.3 is 5.97 Å². The van der Waals surface area contributed by atoms with Crippen molar-refractivity contribution in [2.75, 3.05) is 13.1 Å². The fourth-order valence-corrected chi connectivity index (χ4v) is 1.29. The Labute approximate surface area is 91.8 Å². The predicted octanol–water partition coefficient (Wildman–Crippen LogP) is -0.645. The number of amides is 1. The molecule has 0 bridgehead atoms. The molecule has 0 aliphatic heterocycles. The van der Waals surface area contributed by atoms with E-state index >= 15 is 0 Å². The summed E-state index contributed by atoms with van der Waals surface area (Å²) in [4.78, 5) is 22.6. The van der Waals surface area contributed by atoms with Gasteiger partial charge in [-0.15, -0.1) is 0 Å². The summed E-state index contributed by atoms with van der Waals surface area (Å²) in [6.07, 6.45) is 0. The van der Waals surface area contributed by atoms with Crippen molar-refractivity contribution < 1.29 is 19.2 Å². The monoisotopic (exact) mass is 227 g/mol. The van der Waals surface area contributed by atoms with E-state index < -0.39 is 11.9 Å². The molecule has 0 spiro atoms. The van der Waals surface area contributed by atoms with Gasteiger partial charge in [0, 0.05) is 6.07 Å². The molecular weight excluding hydrogens is 214 g/mol. The number of hydrogen-bond acceptors (Lipinski definition) is 5. The van der Waals surface area contributed by atoms with Crippen LogP contribution in [0.1, 0.15) is 11.5 Å². The summed E-state index contributed by atoms with van der Waals surface area (Å²) in [7, 11) is 0. The average molecular weight is 227 g/mol. The van der Waals surface area contributed by atoms with Gasteiger partial charge in [-0.2, -0.15) is 0 Å². The molecule has 1 aromatic heterocycles. The first-order valence-corrected chi connectivity index (χ1v) is 4.62. The number of aryl methyl sites for hydroxylation is 1. The van der Waals surface area contributed by atoms with Crippen LogP contribution in [-0.2, 0) is 16.1 Å². The number of rotatable bonds is 6. The lowest BCUT2D eigenvalue weighted by molar-refractivity contribution is -0.138. The van der Waals surface area contributed by atoms with Gasteiger partial charge in [-0.1, -0.05) is 5.16 Å². The Bertz CT molecular complexity index is 372. The van der Waals surface area contributed by atoms with Gasteiger partial charge in [0.2, 0.25) is 5.91 Å². The summed E-state index contributed by atoms with van der Waals surface area (Å²) in [5.41, 5.74) is 5.71. The Morgan fingerprint density at radius 3 is 2.69 bits per heavy atom. The van der Waals surface area contributed by atoms with Gasteiger partial charge in [0.1, 0.15) is 0 Å². The molecule has 0 aromatic carbocycles. The van der Waals surface area contributed by atoms with Gasteiger partial charge in [-0.3, -0.25) is 14.5 Å². The minimum absolute atomic E-state index is 0.133. The van der Waals surface area contributed by atoms with Gasteiger partial charge in [-0.25, -0.2) is 0 Å². The molecule has 0 fully saturated rings. The molecule has 1 heterocycles. The highest BCUT2D eigenvalue weighted by Crippen LogP contribution is 2.06. The fraction of sp³-hybridized carbons (Fsp3) is 0.444. The Hall–Kier alpha value is -1.89. The van der Waals surface area contributed by atoms with Crippen LogP contribution >= 0.6 is 0 Å². The number of carbonyl (C=O) groups is 2. The normalized spacial score (nSPS) is 10.6. The van der Waals surface area contributed by atoms with Gasteiger partial charge in [0.15, 0.2) is 5.76 Å². The topological polar surface area (TPSA) is 110 Å². The van der Waals surface area contributed by atoms with Crippen LogP contribution in [0, 0.1) is 6.92 Å². The van der Waals surface area contributed by atoms with E-state index in [1.54, 1.807) is 13.0 Å². The highest BCUT2D eigenvalue weighted by Gasteiger charge is 2.14. The SMILES string of the molecule is Cc1cc(CN(CC(N)=O)CC(=O)O)on1. The number of aromatic nitrogens is 1. The molecular formula is C9H13N3O4. The number of carboxylic acids is 1. The Morgan fingerprint density at radius 1 is 1.56 bits per heavy atom. The highest BCUT2D eigenvalue weighted by molar-refractivity contribution is 5.77. The second kappa shape index (κ2) is 5.26. The summed E-state index contributed by atoms with van der Waals surface area (Å²) >= 11 is 0. The summed E-state index contributed by atoms with van der Waals surface area (Å²) in [6, 6.07) is 1.68. The van der Waals surface area contributed by atoms with Gasteiger partial charge in [0.05, 0.1) is 25.3 Å². The van der Waals surface area contributed by atoms with E-state index in [9.17, 15) is 9.59 Å². The first-order chi connectivity index (χ1) is 7.47. The number of aliphatic carboxylic acids is 1. The summed E-state index contributed by atoms with van der Waals surface area (Å²) in [5, 5.41) is 12.3. The summed E-state index contributed by atoms with van der Waals surface area (Å²) in [6.45, 7) is 1.54. The standard InChI is InChI=1S/C9H13N3O4/c1-6-2-7(16-11-6)3-12(4-8(10)13)5-9(14)15/h2H,3-5H2,1H3,(H2,10,13)(H,14,15). The maximum absolute atomic E-state index is 10.7. The Balaban J connectivity index is 2.62. The van der Waals surface area contributed by atoms with E-state index in [-0.39, 0.29) is 19.6 Å². The van der Waals surface area contributed by atoms with Crippen LogP contribution in [0.5, 0.6) is 0 Å². The number of carboxylic acid groups (broad SMARTS) is 1. The minimum atomic E-state index is -1.03. The smallest absolute Gasteiger partial charge is 0.317 e. The van der Waals surface area contributed by atoms with Crippen molar-refractivity contribution in [2.24, 2.45) is 5.73 Å². The lowest BCUT2D eigenvalue weighted by Gasteiger charge is -2.15. The predicted molar refractivity (Wildman–Crippen MR) is 53.3 cm³/mol. The van der Waals surface area contributed by atoms with Crippen LogP contribution in [0.3, 0.4) is 0 Å². The van der Waals surface area contributed by atoms with Crippen LogP contribution in [0.25, 0.3) is 0 Å². The molecule has 7 heteroatoms. The molecule has 0 saturated heterocycles. The average Bonchev–Trinajstić information content (AvgIpc) is 2.48. The van der Waals surface area contributed by atoms with Crippen molar-refractivity contribution in [1.82, 2.24) is 10.1 Å². The van der Waals surface area contributed by atoms with Gasteiger partial charge in [0.25, 0.3) is 0 Å². The first-order valence-electron chi connectivity index (χ1n) is 4.62. The molecule has 0 aliphatic carbocycles. The molecule has 7 nitrogen and oxygen atoms in total. The zero-order valence-electron chi connectivity index (χ0n) is 8.84. The maximum atomic E-state index is 10.7. The number of nitrogens with zero attached hydrogens (tertiary/aromatic N) is 2. The zero-order chi connectivity index (χ0) is 12.1. The van der Waals surface area contributed by atoms with Gasteiger partial charge in [-0.05, 0) is 6.92 Å². The number of nitrogens with two attached hydrogens (primary N) is 1. The second-order valence-electron chi connectivity index (χ2n) is 3.44. The molecule has 0 saturated carbocycles.